The first kappa shape index (κ1) is 33.7. The molecular weight excluding hydrogens is 643 g/mol. The minimum absolute atomic E-state index is 0.0598. The van der Waals surface area contributed by atoms with Gasteiger partial charge in [-0.15, -0.1) is 11.3 Å². The zero-order chi connectivity index (χ0) is 34.2. The Labute approximate surface area is 287 Å². The number of aromatic nitrogens is 2. The highest BCUT2D eigenvalue weighted by molar-refractivity contribution is 7.92. The summed E-state index contributed by atoms with van der Waals surface area (Å²) in [4.78, 5) is 29.2. The van der Waals surface area contributed by atoms with Crippen molar-refractivity contribution in [2.24, 2.45) is 5.92 Å². The van der Waals surface area contributed by atoms with E-state index in [1.807, 2.05) is 72.5 Å². The first-order valence-corrected chi connectivity index (χ1v) is 19.1. The number of nitrogens with zero attached hydrogens (tertiary/aromatic N) is 3. The van der Waals surface area contributed by atoms with Crippen molar-refractivity contribution in [3.63, 3.8) is 0 Å². The van der Waals surface area contributed by atoms with Crippen molar-refractivity contribution in [1.82, 2.24) is 14.7 Å². The smallest absolute Gasteiger partial charge is 0.324 e. The molecule has 2 aliphatic rings. The number of likely N-dealkylation sites (tertiary alicyclic amines) is 1. The Morgan fingerprint density at radius 2 is 1.75 bits per heavy atom. The summed E-state index contributed by atoms with van der Waals surface area (Å²) in [6, 6.07) is 17.5. The van der Waals surface area contributed by atoms with Crippen LogP contribution in [0.3, 0.4) is 0 Å². The zero-order valence-electron chi connectivity index (χ0n) is 28.2. The Morgan fingerprint density at radius 1 is 1.02 bits per heavy atom. The van der Waals surface area contributed by atoms with E-state index < -0.39 is 9.84 Å². The molecule has 2 aromatic heterocycles. The summed E-state index contributed by atoms with van der Waals surface area (Å²) in [5, 5.41) is 10.8. The van der Waals surface area contributed by atoms with Crippen LogP contribution in [-0.2, 0) is 28.1 Å². The van der Waals surface area contributed by atoms with Crippen LogP contribution < -0.4 is 10.6 Å². The van der Waals surface area contributed by atoms with Crippen LogP contribution in [0.2, 0.25) is 0 Å². The van der Waals surface area contributed by atoms with Gasteiger partial charge in [-0.25, -0.2) is 17.9 Å². The van der Waals surface area contributed by atoms with Crippen LogP contribution in [-0.4, -0.2) is 54.4 Å². The van der Waals surface area contributed by atoms with Gasteiger partial charge in [0.25, 0.3) is 5.91 Å². The molecule has 0 unspecified atom stereocenters. The van der Waals surface area contributed by atoms with E-state index in [2.05, 4.69) is 37.5 Å². The Bertz CT molecular complexity index is 1980. The highest BCUT2D eigenvalue weighted by atomic mass is 32.2. The molecule has 1 aliphatic carbocycles. The molecule has 4 aromatic rings. The predicted molar refractivity (Wildman–Crippen MR) is 193 cm³/mol. The molecule has 1 fully saturated rings. The maximum atomic E-state index is 13.6. The van der Waals surface area contributed by atoms with Crippen molar-refractivity contribution < 1.29 is 18.0 Å². The third kappa shape index (κ3) is 7.42. The van der Waals surface area contributed by atoms with E-state index in [1.54, 1.807) is 4.68 Å². The minimum Gasteiger partial charge on any atom is -0.338 e. The summed E-state index contributed by atoms with van der Waals surface area (Å²) < 4.78 is 26.9. The maximum absolute atomic E-state index is 13.6. The van der Waals surface area contributed by atoms with Crippen LogP contribution >= 0.6 is 11.3 Å². The third-order valence-electron chi connectivity index (χ3n) is 9.00. The lowest BCUT2D eigenvalue weighted by Gasteiger charge is -2.32. The summed E-state index contributed by atoms with van der Waals surface area (Å²) >= 11 is 1.12. The summed E-state index contributed by atoms with van der Waals surface area (Å²) in [5.74, 6) is 0.922. The van der Waals surface area contributed by atoms with E-state index in [4.69, 9.17) is 5.10 Å². The molecule has 2 aromatic carbocycles. The summed E-state index contributed by atoms with van der Waals surface area (Å²) in [6.45, 7) is 9.58. The fraction of sp³-hybridized carbons (Fsp3) is 0.378. The molecule has 11 heteroatoms. The van der Waals surface area contributed by atoms with E-state index >= 15 is 0 Å². The highest BCUT2D eigenvalue weighted by Gasteiger charge is 2.31. The number of carbonyl (C=O) groups is 2. The largest absolute Gasteiger partial charge is 0.338 e. The number of aryl methyl sites for hydroxylation is 1. The van der Waals surface area contributed by atoms with Crippen molar-refractivity contribution >= 4 is 50.7 Å². The number of nitrogens with one attached hydrogen (secondary N) is 2. The number of rotatable bonds is 7. The van der Waals surface area contributed by atoms with E-state index in [0.29, 0.717) is 51.6 Å². The molecule has 2 N–H and O–H groups in total. The molecule has 0 bridgehead atoms. The fourth-order valence-electron chi connectivity index (χ4n) is 6.34. The average molecular weight is 686 g/mol. The Balaban J connectivity index is 1.08. The van der Waals surface area contributed by atoms with Gasteiger partial charge in [-0.05, 0) is 80.3 Å². The molecule has 0 atom stereocenters. The van der Waals surface area contributed by atoms with Crippen LogP contribution in [0.25, 0.3) is 11.8 Å². The van der Waals surface area contributed by atoms with Gasteiger partial charge in [0.1, 0.15) is 10.0 Å². The number of allylic oxidation sites excluding steroid dienone is 1. The number of thiophene rings is 1. The summed E-state index contributed by atoms with van der Waals surface area (Å²) in [7, 11) is -3.42. The number of benzene rings is 2. The molecule has 0 saturated carbocycles. The lowest BCUT2D eigenvalue weighted by Crippen LogP contribution is -2.39. The lowest BCUT2D eigenvalue weighted by atomic mass is 9.89. The topological polar surface area (TPSA) is 113 Å². The Kier molecular flexibility index (Phi) is 9.37. The van der Waals surface area contributed by atoms with E-state index in [0.717, 1.165) is 65.1 Å². The molecule has 0 spiro atoms. The fourth-order valence-corrected chi connectivity index (χ4v) is 8.82. The average Bonchev–Trinajstić information content (AvgIpc) is 3.64. The molecular formula is C37H43N5O4S2. The Morgan fingerprint density at radius 3 is 2.44 bits per heavy atom. The first-order chi connectivity index (χ1) is 22.8. The number of hydrogen-bond acceptors (Lipinski definition) is 6. The number of carbonyl (C=O) groups excluding carboxylic acids is 2. The van der Waals surface area contributed by atoms with Gasteiger partial charge in [0, 0.05) is 42.1 Å². The van der Waals surface area contributed by atoms with Gasteiger partial charge >= 0.3 is 6.03 Å². The molecule has 6 rings (SSSR count). The second-order valence-electron chi connectivity index (χ2n) is 14.0. The summed E-state index contributed by atoms with van der Waals surface area (Å²) in [6.07, 6.45) is 9.09. The SMILES string of the molecule is Cc1ccc(-n2nc(C(C)(C)C)cc2NC(=O)Nc2cccc(CC3CCN(C(=O)c4sc(S(C)(=O)=O)c5c4CCC=C5)CC3)c2)cc1. The predicted octanol–water partition coefficient (Wildman–Crippen LogP) is 7.64. The molecule has 1 aliphatic heterocycles. The first-order valence-electron chi connectivity index (χ1n) is 16.4. The maximum Gasteiger partial charge on any atom is 0.324 e. The monoisotopic (exact) mass is 685 g/mol. The van der Waals surface area contributed by atoms with Crippen LogP contribution in [0.4, 0.5) is 16.3 Å². The third-order valence-corrected chi connectivity index (χ3v) is 12.1. The van der Waals surface area contributed by atoms with Crippen molar-refractivity contribution in [3.8, 4) is 5.69 Å². The van der Waals surface area contributed by atoms with Gasteiger partial charge in [-0.3, -0.25) is 10.1 Å². The van der Waals surface area contributed by atoms with Gasteiger partial charge in [0.2, 0.25) is 0 Å². The van der Waals surface area contributed by atoms with Gasteiger partial charge in [0.15, 0.2) is 9.84 Å². The van der Waals surface area contributed by atoms with Crippen LogP contribution in [0, 0.1) is 12.8 Å². The molecule has 9 nitrogen and oxygen atoms in total. The quantitative estimate of drug-likeness (QED) is 0.208. The van der Waals surface area contributed by atoms with Gasteiger partial charge in [0.05, 0.1) is 16.3 Å². The number of anilines is 2. The molecule has 48 heavy (non-hydrogen) atoms. The summed E-state index contributed by atoms with van der Waals surface area (Å²) in [5.41, 5.74) is 6.09. The number of amides is 3. The molecule has 1 saturated heterocycles. The van der Waals surface area contributed by atoms with Crippen LogP contribution in [0.1, 0.15) is 77.7 Å². The van der Waals surface area contributed by atoms with Crippen LogP contribution in [0.5, 0.6) is 0 Å². The van der Waals surface area contributed by atoms with Crippen molar-refractivity contribution in [3.05, 3.63) is 93.5 Å². The normalized spacial score (nSPS) is 15.3. The lowest BCUT2D eigenvalue weighted by molar-refractivity contribution is 0.0694. The van der Waals surface area contributed by atoms with Gasteiger partial charge in [-0.2, -0.15) is 5.10 Å². The van der Waals surface area contributed by atoms with Gasteiger partial charge in [-0.1, -0.05) is 62.8 Å². The number of fused-ring (bicyclic) bond motifs is 1. The minimum atomic E-state index is -3.42. The van der Waals surface area contributed by atoms with Crippen LogP contribution in [0.15, 0.2) is 64.9 Å². The van der Waals surface area contributed by atoms with Crippen molar-refractivity contribution in [2.75, 3.05) is 30.0 Å². The number of urea groups is 1. The zero-order valence-corrected chi connectivity index (χ0v) is 29.8. The molecule has 3 heterocycles. The number of hydrogen-bond donors (Lipinski definition) is 2. The second-order valence-corrected chi connectivity index (χ2v) is 17.2. The van der Waals surface area contributed by atoms with Crippen molar-refractivity contribution in [2.45, 2.75) is 69.4 Å². The second kappa shape index (κ2) is 13.4. The van der Waals surface area contributed by atoms with E-state index in [9.17, 15) is 18.0 Å². The Hall–Kier alpha value is -4.22. The van der Waals surface area contributed by atoms with Gasteiger partial charge < -0.3 is 10.2 Å². The number of piperidine rings is 1. The van der Waals surface area contributed by atoms with Crippen molar-refractivity contribution in [1.29, 1.82) is 0 Å². The number of sulfone groups is 1. The highest BCUT2D eigenvalue weighted by Crippen LogP contribution is 2.38. The molecule has 0 radical (unpaired) electrons. The van der Waals surface area contributed by atoms with E-state index in [1.165, 1.54) is 6.26 Å². The van der Waals surface area contributed by atoms with E-state index in [-0.39, 0.29) is 17.4 Å². The molecule has 252 valence electrons. The molecule has 3 amide bonds. The standard InChI is InChI=1S/C37H43N5O4S2/c1-24-13-15-28(16-14-24)42-32(23-31(40-42)37(2,3)4)39-36(44)38-27-10-8-9-26(22-27)21-25-17-19-41(20-18-25)34(43)33-29-11-6-7-12-30(29)35(47-33)48(5,45)46/h7-10,12-16,22-23,25H,6,11,17-21H2,1-5H3,(H2,38,39,44).